The summed E-state index contributed by atoms with van der Waals surface area (Å²) in [5, 5.41) is 16.3. The predicted octanol–water partition coefficient (Wildman–Crippen LogP) is 4.29. The average molecular weight is 401 g/mol. The number of carbonyl (C=O) groups is 2. The van der Waals surface area contributed by atoms with E-state index in [-0.39, 0.29) is 16.3 Å². The van der Waals surface area contributed by atoms with Crippen molar-refractivity contribution >= 4 is 29.2 Å². The number of halogens is 4. The molecule has 0 radical (unpaired) electrons. The highest BCUT2D eigenvalue weighted by Crippen LogP contribution is 2.32. The van der Waals surface area contributed by atoms with Crippen LogP contribution in [0.3, 0.4) is 0 Å². The molecular weight excluding hydrogens is 391 g/mol. The van der Waals surface area contributed by atoms with Gasteiger partial charge in [-0.1, -0.05) is 11.6 Å². The maximum absolute atomic E-state index is 12.9. The molecule has 7 nitrogen and oxygen atoms in total. The molecule has 140 valence electrons. The summed E-state index contributed by atoms with van der Waals surface area (Å²) in [6.07, 6.45) is -4.74. The summed E-state index contributed by atoms with van der Waals surface area (Å²) in [4.78, 5) is 26.5. The maximum atomic E-state index is 12.9. The van der Waals surface area contributed by atoms with Gasteiger partial charge in [-0.3, -0.25) is 4.79 Å². The van der Waals surface area contributed by atoms with Gasteiger partial charge >= 0.3 is 18.1 Å². The number of benzene rings is 2. The molecule has 0 bridgehead atoms. The minimum absolute atomic E-state index is 0.156. The zero-order chi connectivity index (χ0) is 20.2. The van der Waals surface area contributed by atoms with Gasteiger partial charge < -0.3 is 9.84 Å². The molecule has 27 heavy (non-hydrogen) atoms. The summed E-state index contributed by atoms with van der Waals surface area (Å²) in [5.41, 5.74) is -2.20. The van der Waals surface area contributed by atoms with Gasteiger partial charge in [-0.15, -0.1) is 0 Å². The van der Waals surface area contributed by atoms with E-state index >= 15 is 0 Å². The lowest BCUT2D eigenvalue weighted by atomic mass is 10.1. The molecule has 0 aliphatic rings. The Morgan fingerprint density at radius 3 is 2.52 bits per heavy atom. The van der Waals surface area contributed by atoms with Gasteiger partial charge in [0.15, 0.2) is 10.8 Å². The van der Waals surface area contributed by atoms with Crippen LogP contribution >= 0.6 is 11.6 Å². The Kier molecular flexibility index (Phi) is 5.94. The molecule has 0 heterocycles. The van der Waals surface area contributed by atoms with Crippen LogP contribution in [0.1, 0.15) is 26.3 Å². The number of alkyl halides is 3. The summed E-state index contributed by atoms with van der Waals surface area (Å²) in [6, 6.07) is 5.84. The molecule has 2 rings (SSSR count). The second kappa shape index (κ2) is 7.98. The molecule has 11 heteroatoms. The van der Waals surface area contributed by atoms with E-state index in [1.807, 2.05) is 0 Å². The fourth-order valence-electron chi connectivity index (χ4n) is 1.92. The number of phenolic OH excluding ortho intramolecular Hbond substituents is 1. The lowest BCUT2D eigenvalue weighted by molar-refractivity contribution is -0.137. The van der Waals surface area contributed by atoms with Crippen molar-refractivity contribution in [3.05, 3.63) is 58.1 Å². The molecule has 0 unspecified atom stereocenters. The van der Waals surface area contributed by atoms with Crippen LogP contribution in [0.25, 0.3) is 0 Å². The van der Waals surface area contributed by atoms with E-state index in [1.54, 1.807) is 0 Å². The van der Waals surface area contributed by atoms with Gasteiger partial charge in [0.2, 0.25) is 10.0 Å². The number of esters is 1. The molecule has 1 N–H and O–H groups in total. The number of hydrogen-bond acceptors (Lipinski definition) is 5. The first-order valence-corrected chi connectivity index (χ1v) is 7.45. The van der Waals surface area contributed by atoms with Gasteiger partial charge in [-0.05, 0) is 36.4 Å². The van der Waals surface area contributed by atoms with Crippen molar-refractivity contribution in [3.8, 4) is 5.75 Å². The van der Waals surface area contributed by atoms with Gasteiger partial charge in [0.1, 0.15) is 5.75 Å². The van der Waals surface area contributed by atoms with Crippen molar-refractivity contribution in [2.45, 2.75) is 6.18 Å². The van der Waals surface area contributed by atoms with E-state index in [9.17, 15) is 27.9 Å². The van der Waals surface area contributed by atoms with Gasteiger partial charge in [-0.25, -0.2) is 4.79 Å². The maximum Gasteiger partial charge on any atom is 0.416 e. The van der Waals surface area contributed by atoms with Crippen LogP contribution in [-0.4, -0.2) is 24.1 Å². The fraction of sp³-hybridized carbons (Fsp3) is 0.125. The number of phenols is 1. The number of nitrogens with zero attached hydrogens (tertiary/aromatic N) is 3. The van der Waals surface area contributed by atoms with E-state index in [0.717, 1.165) is 25.3 Å². The number of methoxy groups -OCH3 is 1. The van der Waals surface area contributed by atoms with Crippen molar-refractivity contribution in [3.63, 3.8) is 0 Å². The van der Waals surface area contributed by atoms with Crippen molar-refractivity contribution in [2.75, 3.05) is 7.11 Å². The zero-order valence-electron chi connectivity index (χ0n) is 13.5. The molecule has 0 saturated heterocycles. The van der Waals surface area contributed by atoms with Crippen LogP contribution in [-0.2, 0) is 10.9 Å². The van der Waals surface area contributed by atoms with E-state index in [4.69, 9.17) is 11.6 Å². The molecule has 0 fully saturated rings. The normalized spacial score (nSPS) is 10.7. The lowest BCUT2D eigenvalue weighted by Crippen LogP contribution is -2.08. The number of amides is 1. The quantitative estimate of drug-likeness (QED) is 0.471. The molecule has 1 amide bonds. The fourth-order valence-corrected chi connectivity index (χ4v) is 2.09. The second-order valence-corrected chi connectivity index (χ2v) is 5.45. The van der Waals surface area contributed by atoms with E-state index in [2.05, 4.69) is 19.9 Å². The molecule has 0 spiro atoms. The minimum atomic E-state index is -4.74. The first-order valence-electron chi connectivity index (χ1n) is 7.07. The van der Waals surface area contributed by atoms with Gasteiger partial charge in [0, 0.05) is 5.02 Å². The van der Waals surface area contributed by atoms with Crippen molar-refractivity contribution < 1.29 is 32.6 Å². The van der Waals surface area contributed by atoms with E-state index < -0.39 is 34.9 Å². The number of aromatic hydroxyl groups is 1. The molecular formula is C16H10ClF3N3O4+. The van der Waals surface area contributed by atoms with Crippen LogP contribution in [0.2, 0.25) is 5.02 Å². The third kappa shape index (κ3) is 5.13. The zero-order valence-corrected chi connectivity index (χ0v) is 14.2. The smallest absolute Gasteiger partial charge is 0.416 e. The Balaban J connectivity index is 2.40. The number of rotatable bonds is 3. The third-order valence-electron chi connectivity index (χ3n) is 3.15. The summed E-state index contributed by atoms with van der Waals surface area (Å²) in [5.74, 6) is -2.43. The molecule has 0 aliphatic heterocycles. The summed E-state index contributed by atoms with van der Waals surface area (Å²) < 4.78 is 43.2. The standard InChI is InChI=1S/C16H9ClF3N3O4/c1-27-15(26)8-4-9(16(18,19)20)6-11(5-8)21-23-22-14(25)12-7-10(17)2-3-13(12)24/h2-7H,1H3/p+1. The van der Waals surface area contributed by atoms with Crippen LogP contribution in [0.4, 0.5) is 18.9 Å². The Morgan fingerprint density at radius 2 is 1.89 bits per heavy atom. The van der Waals surface area contributed by atoms with E-state index in [0.29, 0.717) is 12.1 Å². The highest BCUT2D eigenvalue weighted by Gasteiger charge is 2.32. The Morgan fingerprint density at radius 1 is 1.19 bits per heavy atom. The van der Waals surface area contributed by atoms with Crippen LogP contribution < -0.4 is 4.91 Å². The molecule has 0 saturated carbocycles. The molecule has 0 aliphatic carbocycles. The molecule has 0 aromatic heterocycles. The first-order chi connectivity index (χ1) is 12.6. The molecule has 0 atom stereocenters. The lowest BCUT2D eigenvalue weighted by Gasteiger charge is -2.07. The minimum Gasteiger partial charge on any atom is -0.507 e. The van der Waals surface area contributed by atoms with Gasteiger partial charge in [0.25, 0.3) is 0 Å². The van der Waals surface area contributed by atoms with E-state index in [1.165, 1.54) is 6.07 Å². The Hall–Kier alpha value is -3.23. The summed E-state index contributed by atoms with van der Waals surface area (Å²) >= 11 is 5.70. The Labute approximate surface area is 154 Å². The van der Waals surface area contributed by atoms with Gasteiger partial charge in [-0.2, -0.15) is 13.2 Å². The van der Waals surface area contributed by atoms with Crippen LogP contribution in [0.15, 0.2) is 46.6 Å². The van der Waals surface area contributed by atoms with Crippen molar-refractivity contribution in [1.29, 1.82) is 0 Å². The number of carbonyl (C=O) groups excluding carboxylic acids is 2. The first kappa shape index (κ1) is 20.1. The highest BCUT2D eigenvalue weighted by molar-refractivity contribution is 6.31. The van der Waals surface area contributed by atoms with Crippen molar-refractivity contribution in [2.24, 2.45) is 10.2 Å². The second-order valence-electron chi connectivity index (χ2n) is 5.01. The highest BCUT2D eigenvalue weighted by atomic mass is 35.5. The SMILES string of the molecule is COC(=O)c1cc(N=[N+]=NC(=O)c2cc(Cl)ccc2O)cc(C(F)(F)F)c1. The topological polar surface area (TPSA) is 102 Å². The summed E-state index contributed by atoms with van der Waals surface area (Å²) in [6.45, 7) is 0. The Bertz CT molecular complexity index is 970. The number of hydrogen-bond donors (Lipinski definition) is 1. The third-order valence-corrected chi connectivity index (χ3v) is 3.39. The molecule has 2 aromatic carbocycles. The largest absolute Gasteiger partial charge is 0.507 e. The van der Waals surface area contributed by atoms with Crippen LogP contribution in [0, 0.1) is 0 Å². The van der Waals surface area contributed by atoms with Crippen LogP contribution in [0.5, 0.6) is 5.75 Å². The predicted molar refractivity (Wildman–Crippen MR) is 86.9 cm³/mol. The van der Waals surface area contributed by atoms with Crippen molar-refractivity contribution in [1.82, 2.24) is 4.91 Å². The monoisotopic (exact) mass is 400 g/mol. The molecule has 2 aromatic rings. The number of ether oxygens (including phenoxy) is 1. The average Bonchev–Trinajstić information content (AvgIpc) is 2.61. The summed E-state index contributed by atoms with van der Waals surface area (Å²) in [7, 11) is 1.01. The van der Waals surface area contributed by atoms with Gasteiger partial charge in [0.05, 0.1) is 23.8 Å².